The van der Waals surface area contributed by atoms with Gasteiger partial charge in [-0.2, -0.15) is 0 Å². The Morgan fingerprint density at radius 2 is 2.00 bits per heavy atom. The van der Waals surface area contributed by atoms with Crippen LogP contribution in [0.25, 0.3) is 0 Å². The molecule has 4 nitrogen and oxygen atoms in total. The normalized spacial score (nSPS) is 17.0. The van der Waals surface area contributed by atoms with E-state index in [-0.39, 0.29) is 11.8 Å². The average Bonchev–Trinajstić information content (AvgIpc) is 2.81. The van der Waals surface area contributed by atoms with Crippen molar-refractivity contribution in [2.75, 3.05) is 26.7 Å². The van der Waals surface area contributed by atoms with Crippen LogP contribution in [0.5, 0.6) is 5.75 Å². The lowest BCUT2D eigenvalue weighted by molar-refractivity contribution is -0.131. The maximum atomic E-state index is 12.5. The highest BCUT2D eigenvalue weighted by Crippen LogP contribution is 2.29. The number of carbonyl (C=O) groups excluding carboxylic acids is 1. The summed E-state index contributed by atoms with van der Waals surface area (Å²) in [4.78, 5) is 14.5. The van der Waals surface area contributed by atoms with Crippen LogP contribution < -0.4 is 10.5 Å². The van der Waals surface area contributed by atoms with E-state index >= 15 is 0 Å². The zero-order valence-electron chi connectivity index (χ0n) is 13.2. The van der Waals surface area contributed by atoms with E-state index in [2.05, 4.69) is 0 Å². The van der Waals surface area contributed by atoms with Crippen LogP contribution in [0.3, 0.4) is 0 Å². The number of methoxy groups -OCH3 is 1. The fourth-order valence-corrected chi connectivity index (χ4v) is 3.20. The van der Waals surface area contributed by atoms with Crippen LogP contribution in [-0.2, 0) is 4.79 Å². The van der Waals surface area contributed by atoms with E-state index in [4.69, 9.17) is 22.1 Å². The molecule has 0 aliphatic carbocycles. The number of carbonyl (C=O) groups is 1. The SMILES string of the molecule is COc1ccc(C(CN)CC(=O)N2CCCCCC2)cc1Cl. The van der Waals surface area contributed by atoms with Crippen LogP contribution in [0, 0.1) is 0 Å². The maximum Gasteiger partial charge on any atom is 0.223 e. The highest BCUT2D eigenvalue weighted by Gasteiger charge is 2.21. The summed E-state index contributed by atoms with van der Waals surface area (Å²) in [6.07, 6.45) is 5.09. The van der Waals surface area contributed by atoms with Gasteiger partial charge < -0.3 is 15.4 Å². The van der Waals surface area contributed by atoms with Crippen LogP contribution in [0.2, 0.25) is 5.02 Å². The lowest BCUT2D eigenvalue weighted by Gasteiger charge is -2.23. The third-order valence-corrected chi connectivity index (χ3v) is 4.61. The molecule has 1 aromatic rings. The molecule has 1 amide bonds. The van der Waals surface area contributed by atoms with Gasteiger partial charge in [0.05, 0.1) is 12.1 Å². The largest absolute Gasteiger partial charge is 0.495 e. The zero-order chi connectivity index (χ0) is 15.9. The number of hydrogen-bond acceptors (Lipinski definition) is 3. The zero-order valence-corrected chi connectivity index (χ0v) is 13.9. The maximum absolute atomic E-state index is 12.5. The van der Waals surface area contributed by atoms with Crippen LogP contribution in [-0.4, -0.2) is 37.6 Å². The number of benzene rings is 1. The first-order valence-corrected chi connectivity index (χ1v) is 8.34. The van der Waals surface area contributed by atoms with E-state index in [1.807, 2.05) is 23.1 Å². The number of rotatable bonds is 5. The fourth-order valence-electron chi connectivity index (χ4n) is 2.93. The van der Waals surface area contributed by atoms with Crippen molar-refractivity contribution in [1.29, 1.82) is 0 Å². The van der Waals surface area contributed by atoms with Crippen molar-refractivity contribution in [2.45, 2.75) is 38.0 Å². The van der Waals surface area contributed by atoms with Gasteiger partial charge in [0.1, 0.15) is 5.75 Å². The van der Waals surface area contributed by atoms with Crippen LogP contribution in [0.1, 0.15) is 43.6 Å². The van der Waals surface area contributed by atoms with Crippen LogP contribution >= 0.6 is 11.6 Å². The Hall–Kier alpha value is -1.26. The molecule has 0 spiro atoms. The minimum absolute atomic E-state index is 0.000779. The van der Waals surface area contributed by atoms with Gasteiger partial charge in [0.15, 0.2) is 0 Å². The first kappa shape index (κ1) is 17.1. The molecule has 1 unspecified atom stereocenters. The molecule has 0 aromatic heterocycles. The Morgan fingerprint density at radius 1 is 1.32 bits per heavy atom. The molecule has 122 valence electrons. The highest BCUT2D eigenvalue weighted by molar-refractivity contribution is 6.32. The summed E-state index contributed by atoms with van der Waals surface area (Å²) in [6.45, 7) is 2.18. The predicted octanol–water partition coefficient (Wildman–Crippen LogP) is 3.18. The number of nitrogens with two attached hydrogens (primary N) is 1. The van der Waals surface area contributed by atoms with Gasteiger partial charge in [-0.05, 0) is 37.1 Å². The summed E-state index contributed by atoms with van der Waals surface area (Å²) < 4.78 is 5.17. The Kier molecular flexibility index (Phi) is 6.52. The topological polar surface area (TPSA) is 55.6 Å². The molecule has 22 heavy (non-hydrogen) atoms. The lowest BCUT2D eigenvalue weighted by atomic mass is 9.95. The molecule has 1 aliphatic rings. The Balaban J connectivity index is 2.04. The van der Waals surface area contributed by atoms with Gasteiger partial charge in [0.2, 0.25) is 5.91 Å². The van der Waals surface area contributed by atoms with Crippen molar-refractivity contribution in [2.24, 2.45) is 5.73 Å². The summed E-state index contributed by atoms with van der Waals surface area (Å²) in [5.74, 6) is 0.837. The Labute approximate surface area is 137 Å². The monoisotopic (exact) mass is 324 g/mol. The van der Waals surface area contributed by atoms with Gasteiger partial charge in [0.25, 0.3) is 0 Å². The molecule has 1 aliphatic heterocycles. The molecule has 2 rings (SSSR count). The fraction of sp³-hybridized carbons (Fsp3) is 0.588. The van der Waals surface area contributed by atoms with Gasteiger partial charge in [-0.15, -0.1) is 0 Å². The van der Waals surface area contributed by atoms with E-state index in [0.717, 1.165) is 31.5 Å². The summed E-state index contributed by atoms with van der Waals surface area (Å²) in [6, 6.07) is 5.63. The molecule has 5 heteroatoms. The van der Waals surface area contributed by atoms with E-state index < -0.39 is 0 Å². The van der Waals surface area contributed by atoms with Crippen LogP contribution in [0.15, 0.2) is 18.2 Å². The third kappa shape index (κ3) is 4.37. The van der Waals surface area contributed by atoms with Gasteiger partial charge in [-0.25, -0.2) is 0 Å². The smallest absolute Gasteiger partial charge is 0.223 e. The standard InChI is InChI=1S/C17H25ClN2O2/c1-22-16-7-6-13(10-15(16)18)14(12-19)11-17(21)20-8-4-2-3-5-9-20/h6-7,10,14H,2-5,8-9,11-12,19H2,1H3. The van der Waals surface area contributed by atoms with E-state index in [9.17, 15) is 4.79 Å². The van der Waals surface area contributed by atoms with Gasteiger partial charge >= 0.3 is 0 Å². The number of ether oxygens (including phenoxy) is 1. The number of nitrogens with zero attached hydrogens (tertiary/aromatic N) is 1. The van der Waals surface area contributed by atoms with Crippen molar-refractivity contribution in [3.63, 3.8) is 0 Å². The minimum Gasteiger partial charge on any atom is -0.495 e. The molecule has 1 heterocycles. The van der Waals surface area contributed by atoms with Crippen molar-refractivity contribution in [3.8, 4) is 5.75 Å². The molecule has 1 atom stereocenters. The van der Waals surface area contributed by atoms with Gasteiger partial charge in [-0.3, -0.25) is 4.79 Å². The van der Waals surface area contributed by atoms with Crippen molar-refractivity contribution >= 4 is 17.5 Å². The second-order valence-corrected chi connectivity index (χ2v) is 6.23. The predicted molar refractivity (Wildman–Crippen MR) is 89.5 cm³/mol. The molecule has 1 saturated heterocycles. The first-order valence-electron chi connectivity index (χ1n) is 7.97. The second kappa shape index (κ2) is 8.39. The number of amides is 1. The summed E-state index contributed by atoms with van der Waals surface area (Å²) in [7, 11) is 1.59. The molecule has 1 aromatic carbocycles. The lowest BCUT2D eigenvalue weighted by Crippen LogP contribution is -2.33. The van der Waals surface area contributed by atoms with E-state index in [1.165, 1.54) is 12.8 Å². The van der Waals surface area contributed by atoms with Crippen molar-refractivity contribution < 1.29 is 9.53 Å². The molecule has 0 bridgehead atoms. The molecule has 1 fully saturated rings. The molecule has 2 N–H and O–H groups in total. The summed E-state index contributed by atoms with van der Waals surface area (Å²) in [5, 5.41) is 0.556. The van der Waals surface area contributed by atoms with E-state index in [0.29, 0.717) is 23.7 Å². The number of likely N-dealkylation sites (tertiary alicyclic amines) is 1. The second-order valence-electron chi connectivity index (χ2n) is 5.83. The van der Waals surface area contributed by atoms with Crippen molar-refractivity contribution in [3.05, 3.63) is 28.8 Å². The molecular formula is C17H25ClN2O2. The van der Waals surface area contributed by atoms with Crippen molar-refractivity contribution in [1.82, 2.24) is 4.90 Å². The summed E-state index contributed by atoms with van der Waals surface area (Å²) in [5.41, 5.74) is 6.89. The number of hydrogen-bond donors (Lipinski definition) is 1. The van der Waals surface area contributed by atoms with Crippen LogP contribution in [0.4, 0.5) is 0 Å². The average molecular weight is 325 g/mol. The van der Waals surface area contributed by atoms with Gasteiger partial charge in [0, 0.05) is 25.4 Å². The third-order valence-electron chi connectivity index (χ3n) is 4.31. The molecular weight excluding hydrogens is 300 g/mol. The first-order chi connectivity index (χ1) is 10.7. The Bertz CT molecular complexity index is 499. The highest BCUT2D eigenvalue weighted by atomic mass is 35.5. The van der Waals surface area contributed by atoms with Gasteiger partial charge in [-0.1, -0.05) is 30.5 Å². The quantitative estimate of drug-likeness (QED) is 0.905. The number of halogens is 1. The summed E-state index contributed by atoms with van der Waals surface area (Å²) >= 11 is 6.18. The minimum atomic E-state index is -0.000779. The van der Waals surface area contributed by atoms with E-state index in [1.54, 1.807) is 7.11 Å². The molecule has 0 saturated carbocycles. The Morgan fingerprint density at radius 3 is 2.55 bits per heavy atom. The molecule has 0 radical (unpaired) electrons.